The number of pyridine rings is 1. The first-order chi connectivity index (χ1) is 14.6. The van der Waals surface area contributed by atoms with E-state index in [1.165, 1.54) is 5.56 Å². The lowest BCUT2D eigenvalue weighted by Gasteiger charge is -2.22. The number of oxazole rings is 1. The molecule has 0 saturated heterocycles. The van der Waals surface area contributed by atoms with Crippen LogP contribution in [0.2, 0.25) is 0 Å². The van der Waals surface area contributed by atoms with E-state index in [1.807, 2.05) is 36.4 Å². The van der Waals surface area contributed by atoms with E-state index in [1.54, 1.807) is 6.20 Å². The largest absolute Gasteiger partial charge is 0.437 e. The smallest absolute Gasteiger partial charge is 0.300 e. The molecule has 2 aromatic carbocycles. The van der Waals surface area contributed by atoms with Gasteiger partial charge >= 0.3 is 0 Å². The molecule has 0 radical (unpaired) electrons. The van der Waals surface area contributed by atoms with Crippen LogP contribution >= 0.6 is 0 Å². The Balaban J connectivity index is 1.65. The molecule has 0 saturated carbocycles. The number of aromatic nitrogens is 2. The Bertz CT molecular complexity index is 1210. The molecule has 0 fully saturated rings. The number of ether oxygens (including phenoxy) is 1. The highest BCUT2D eigenvalue weighted by Gasteiger charge is 2.20. The molecule has 160 valence electrons. The Labute approximate surface area is 183 Å². The Morgan fingerprint density at radius 1 is 0.871 bits per heavy atom. The topological polar surface area (TPSA) is 60.2 Å². The summed E-state index contributed by atoms with van der Waals surface area (Å²) in [7, 11) is 0. The SMILES string of the molecule is CC(C)(C)c1ccc2oc(Nc3cccnc3Oc3ccccc3C(C)(C)C)nc2c1. The van der Waals surface area contributed by atoms with Crippen LogP contribution in [0.3, 0.4) is 0 Å². The van der Waals surface area contributed by atoms with Gasteiger partial charge in [0.1, 0.15) is 17.0 Å². The van der Waals surface area contributed by atoms with Crippen LogP contribution in [0.4, 0.5) is 11.7 Å². The highest BCUT2D eigenvalue weighted by molar-refractivity contribution is 5.77. The zero-order valence-corrected chi connectivity index (χ0v) is 19.0. The van der Waals surface area contributed by atoms with Crippen LogP contribution < -0.4 is 10.1 Å². The van der Waals surface area contributed by atoms with Gasteiger partial charge in [0.2, 0.25) is 5.88 Å². The van der Waals surface area contributed by atoms with Crippen LogP contribution in [0.15, 0.2) is 65.2 Å². The summed E-state index contributed by atoms with van der Waals surface area (Å²) in [5.74, 6) is 1.25. The van der Waals surface area contributed by atoms with Gasteiger partial charge in [-0.1, -0.05) is 65.8 Å². The highest BCUT2D eigenvalue weighted by Crippen LogP contribution is 2.36. The van der Waals surface area contributed by atoms with Gasteiger partial charge in [-0.05, 0) is 46.7 Å². The number of benzene rings is 2. The summed E-state index contributed by atoms with van der Waals surface area (Å²) >= 11 is 0. The van der Waals surface area contributed by atoms with Gasteiger partial charge in [0.05, 0.1) is 0 Å². The zero-order chi connectivity index (χ0) is 22.2. The van der Waals surface area contributed by atoms with Crippen LogP contribution in [0, 0.1) is 0 Å². The normalized spacial score (nSPS) is 12.2. The molecule has 2 heterocycles. The lowest BCUT2D eigenvalue weighted by molar-refractivity contribution is 0.441. The van der Waals surface area contributed by atoms with Gasteiger partial charge in [-0.25, -0.2) is 4.98 Å². The van der Waals surface area contributed by atoms with Crippen LogP contribution in [-0.4, -0.2) is 9.97 Å². The molecule has 0 aliphatic carbocycles. The third-order valence-corrected chi connectivity index (χ3v) is 5.17. The number of nitrogens with one attached hydrogen (secondary N) is 1. The molecule has 5 heteroatoms. The molecule has 0 amide bonds. The fraction of sp³-hybridized carbons (Fsp3) is 0.308. The number of hydrogen-bond donors (Lipinski definition) is 1. The molecule has 0 atom stereocenters. The average molecular weight is 416 g/mol. The summed E-state index contributed by atoms with van der Waals surface area (Å²) in [5, 5.41) is 3.23. The number of nitrogens with zero attached hydrogens (tertiary/aromatic N) is 2. The second kappa shape index (κ2) is 7.73. The molecule has 0 bridgehead atoms. The van der Waals surface area contributed by atoms with E-state index >= 15 is 0 Å². The maximum Gasteiger partial charge on any atom is 0.300 e. The van der Waals surface area contributed by atoms with E-state index < -0.39 is 0 Å². The van der Waals surface area contributed by atoms with Crippen LogP contribution in [0.5, 0.6) is 11.6 Å². The van der Waals surface area contributed by atoms with Crippen molar-refractivity contribution in [3.8, 4) is 11.6 Å². The summed E-state index contributed by atoms with van der Waals surface area (Å²) in [6.07, 6.45) is 1.71. The molecule has 1 N–H and O–H groups in total. The third kappa shape index (κ3) is 4.55. The molecule has 0 spiro atoms. The molecular weight excluding hydrogens is 386 g/mol. The number of hydrogen-bond acceptors (Lipinski definition) is 5. The molecule has 2 aromatic heterocycles. The van der Waals surface area contributed by atoms with Gasteiger partial charge in [-0.15, -0.1) is 0 Å². The highest BCUT2D eigenvalue weighted by atomic mass is 16.5. The quantitative estimate of drug-likeness (QED) is 0.377. The fourth-order valence-corrected chi connectivity index (χ4v) is 3.41. The van der Waals surface area contributed by atoms with Crippen molar-refractivity contribution >= 4 is 22.8 Å². The Morgan fingerprint density at radius 2 is 1.65 bits per heavy atom. The van der Waals surface area contributed by atoms with E-state index in [4.69, 9.17) is 9.15 Å². The van der Waals surface area contributed by atoms with Gasteiger partial charge < -0.3 is 14.5 Å². The van der Waals surface area contributed by atoms with E-state index in [2.05, 4.69) is 75.0 Å². The fourth-order valence-electron chi connectivity index (χ4n) is 3.41. The summed E-state index contributed by atoms with van der Waals surface area (Å²) in [6, 6.07) is 18.3. The average Bonchev–Trinajstić information content (AvgIpc) is 3.10. The standard InChI is InChI=1S/C26H29N3O2/c1-25(2,3)17-13-14-22-20(16-17)29-24(31-22)28-19-11-9-15-27-23(19)30-21-12-8-7-10-18(21)26(4,5)6/h7-16H,1-6H3,(H,28,29). The van der Waals surface area contributed by atoms with Gasteiger partial charge in [0, 0.05) is 11.8 Å². The molecule has 5 nitrogen and oxygen atoms in total. The minimum Gasteiger partial charge on any atom is -0.437 e. The zero-order valence-electron chi connectivity index (χ0n) is 19.0. The number of anilines is 2. The molecular formula is C26H29N3O2. The van der Waals surface area contributed by atoms with Crippen molar-refractivity contribution in [2.24, 2.45) is 0 Å². The first-order valence-corrected chi connectivity index (χ1v) is 10.5. The summed E-state index contributed by atoms with van der Waals surface area (Å²) in [4.78, 5) is 9.07. The van der Waals surface area contributed by atoms with Crippen LogP contribution in [0.1, 0.15) is 52.7 Å². The van der Waals surface area contributed by atoms with Crippen LogP contribution in [-0.2, 0) is 10.8 Å². The molecule has 31 heavy (non-hydrogen) atoms. The summed E-state index contributed by atoms with van der Waals surface area (Å²) in [5.41, 5.74) is 4.57. The van der Waals surface area contributed by atoms with E-state index in [-0.39, 0.29) is 10.8 Å². The van der Waals surface area contributed by atoms with Gasteiger partial charge in [0.25, 0.3) is 6.01 Å². The van der Waals surface area contributed by atoms with Crippen molar-refractivity contribution in [1.82, 2.24) is 9.97 Å². The van der Waals surface area contributed by atoms with Crippen molar-refractivity contribution in [1.29, 1.82) is 0 Å². The first kappa shape index (κ1) is 20.9. The van der Waals surface area contributed by atoms with Gasteiger partial charge in [0.15, 0.2) is 5.58 Å². The molecule has 0 unspecified atom stereocenters. The third-order valence-electron chi connectivity index (χ3n) is 5.17. The minimum atomic E-state index is -0.0516. The lowest BCUT2D eigenvalue weighted by Crippen LogP contribution is -2.12. The second-order valence-electron chi connectivity index (χ2n) is 9.78. The minimum absolute atomic E-state index is 0.0472. The van der Waals surface area contributed by atoms with E-state index in [9.17, 15) is 0 Å². The van der Waals surface area contributed by atoms with Crippen molar-refractivity contribution < 1.29 is 9.15 Å². The first-order valence-electron chi connectivity index (χ1n) is 10.5. The lowest BCUT2D eigenvalue weighted by atomic mass is 9.86. The van der Waals surface area contributed by atoms with E-state index in [0.717, 1.165) is 22.4 Å². The monoisotopic (exact) mass is 415 g/mol. The molecule has 0 aliphatic rings. The Kier molecular flexibility index (Phi) is 5.21. The van der Waals surface area contributed by atoms with Crippen molar-refractivity contribution in [3.05, 3.63) is 71.9 Å². The number of fused-ring (bicyclic) bond motifs is 1. The maximum absolute atomic E-state index is 6.23. The Hall–Kier alpha value is -3.34. The Morgan fingerprint density at radius 3 is 2.39 bits per heavy atom. The summed E-state index contributed by atoms with van der Waals surface area (Å²) < 4.78 is 12.2. The van der Waals surface area contributed by atoms with E-state index in [0.29, 0.717) is 17.6 Å². The maximum atomic E-state index is 6.23. The molecule has 0 aliphatic heterocycles. The van der Waals surface area contributed by atoms with Crippen molar-refractivity contribution in [2.75, 3.05) is 5.32 Å². The predicted octanol–water partition coefficient (Wildman–Crippen LogP) is 7.35. The number of rotatable bonds is 4. The van der Waals surface area contributed by atoms with Gasteiger partial charge in [-0.2, -0.15) is 4.98 Å². The van der Waals surface area contributed by atoms with Crippen molar-refractivity contribution in [3.63, 3.8) is 0 Å². The van der Waals surface area contributed by atoms with Gasteiger partial charge in [-0.3, -0.25) is 0 Å². The predicted molar refractivity (Wildman–Crippen MR) is 125 cm³/mol. The number of para-hydroxylation sites is 1. The summed E-state index contributed by atoms with van der Waals surface area (Å²) in [6.45, 7) is 13.0. The molecule has 4 rings (SSSR count). The second-order valence-corrected chi connectivity index (χ2v) is 9.78. The van der Waals surface area contributed by atoms with Crippen LogP contribution in [0.25, 0.3) is 11.1 Å². The molecule has 4 aromatic rings. The van der Waals surface area contributed by atoms with Crippen molar-refractivity contribution in [2.45, 2.75) is 52.4 Å².